The molecular formula is C10H17N5O2. The SMILES string of the molecule is N#CCNC(=O)CN=C(N)NCC1CCCO1. The van der Waals surface area contributed by atoms with Gasteiger partial charge in [0.15, 0.2) is 5.96 Å². The molecule has 4 N–H and O–H groups in total. The van der Waals surface area contributed by atoms with E-state index in [4.69, 9.17) is 15.7 Å². The van der Waals surface area contributed by atoms with Gasteiger partial charge in [-0.1, -0.05) is 0 Å². The Balaban J connectivity index is 2.15. The van der Waals surface area contributed by atoms with Crippen LogP contribution in [0.25, 0.3) is 0 Å². The van der Waals surface area contributed by atoms with E-state index in [1.165, 1.54) is 0 Å². The molecule has 0 aromatic rings. The normalized spacial score (nSPS) is 19.7. The lowest BCUT2D eigenvalue weighted by Gasteiger charge is -2.10. The Morgan fingerprint density at radius 2 is 2.41 bits per heavy atom. The Morgan fingerprint density at radius 1 is 1.59 bits per heavy atom. The Morgan fingerprint density at radius 3 is 3.06 bits per heavy atom. The van der Waals surface area contributed by atoms with Gasteiger partial charge in [0.1, 0.15) is 13.1 Å². The quantitative estimate of drug-likeness (QED) is 0.314. The monoisotopic (exact) mass is 239 g/mol. The van der Waals surface area contributed by atoms with Gasteiger partial charge in [0.25, 0.3) is 0 Å². The van der Waals surface area contributed by atoms with Crippen molar-refractivity contribution in [2.45, 2.75) is 18.9 Å². The number of guanidine groups is 1. The third kappa shape index (κ3) is 5.73. The van der Waals surface area contributed by atoms with Crippen molar-refractivity contribution < 1.29 is 9.53 Å². The molecule has 1 rings (SSSR count). The van der Waals surface area contributed by atoms with Crippen LogP contribution in [0.4, 0.5) is 0 Å². The number of nitrogens with one attached hydrogen (secondary N) is 2. The molecule has 17 heavy (non-hydrogen) atoms. The van der Waals surface area contributed by atoms with Crippen molar-refractivity contribution in [3.8, 4) is 6.07 Å². The van der Waals surface area contributed by atoms with E-state index in [-0.39, 0.29) is 31.1 Å². The summed E-state index contributed by atoms with van der Waals surface area (Å²) in [6.07, 6.45) is 2.26. The van der Waals surface area contributed by atoms with E-state index in [1.807, 2.05) is 0 Å². The van der Waals surface area contributed by atoms with Crippen molar-refractivity contribution in [3.63, 3.8) is 0 Å². The number of amides is 1. The molecule has 94 valence electrons. The Kier molecular flexibility index (Phi) is 5.82. The zero-order valence-corrected chi connectivity index (χ0v) is 9.61. The van der Waals surface area contributed by atoms with Gasteiger partial charge in [0.2, 0.25) is 5.91 Å². The van der Waals surface area contributed by atoms with Gasteiger partial charge in [-0.3, -0.25) is 4.79 Å². The molecular weight excluding hydrogens is 222 g/mol. The van der Waals surface area contributed by atoms with Gasteiger partial charge < -0.3 is 21.1 Å². The predicted molar refractivity (Wildman–Crippen MR) is 62.1 cm³/mol. The number of hydrogen-bond donors (Lipinski definition) is 3. The second kappa shape index (κ2) is 7.46. The van der Waals surface area contributed by atoms with E-state index in [0.29, 0.717) is 6.54 Å². The molecule has 1 saturated heterocycles. The van der Waals surface area contributed by atoms with Crippen LogP contribution >= 0.6 is 0 Å². The first-order valence-corrected chi connectivity index (χ1v) is 5.51. The summed E-state index contributed by atoms with van der Waals surface area (Å²) < 4.78 is 5.39. The number of nitrogens with two attached hydrogens (primary N) is 1. The van der Waals surface area contributed by atoms with Gasteiger partial charge in [-0.15, -0.1) is 0 Å². The lowest BCUT2D eigenvalue weighted by molar-refractivity contribution is -0.119. The number of rotatable bonds is 5. The Bertz CT molecular complexity index is 317. The maximum Gasteiger partial charge on any atom is 0.242 e. The molecule has 0 aromatic heterocycles. The largest absolute Gasteiger partial charge is 0.376 e. The summed E-state index contributed by atoms with van der Waals surface area (Å²) in [5, 5.41) is 13.5. The molecule has 1 amide bonds. The molecule has 1 aliphatic rings. The zero-order chi connectivity index (χ0) is 12.5. The van der Waals surface area contributed by atoms with Crippen LogP contribution in [0.2, 0.25) is 0 Å². The summed E-state index contributed by atoms with van der Waals surface area (Å²) >= 11 is 0. The number of ether oxygens (including phenoxy) is 1. The van der Waals surface area contributed by atoms with Crippen LogP contribution < -0.4 is 16.4 Å². The highest BCUT2D eigenvalue weighted by Gasteiger charge is 2.14. The van der Waals surface area contributed by atoms with E-state index in [0.717, 1.165) is 19.4 Å². The number of carbonyl (C=O) groups excluding carboxylic acids is 1. The predicted octanol–water partition coefficient (Wildman–Crippen LogP) is -1.29. The summed E-state index contributed by atoms with van der Waals surface area (Å²) in [6, 6.07) is 1.80. The number of nitriles is 1. The van der Waals surface area contributed by atoms with E-state index >= 15 is 0 Å². The van der Waals surface area contributed by atoms with Gasteiger partial charge in [-0.2, -0.15) is 5.26 Å². The first-order valence-electron chi connectivity index (χ1n) is 5.51. The molecule has 7 nitrogen and oxygen atoms in total. The lowest BCUT2D eigenvalue weighted by Crippen LogP contribution is -2.38. The maximum absolute atomic E-state index is 11.1. The molecule has 0 saturated carbocycles. The first-order chi connectivity index (χ1) is 8.22. The van der Waals surface area contributed by atoms with Crippen LogP contribution in [0.3, 0.4) is 0 Å². The molecule has 1 unspecified atom stereocenters. The van der Waals surface area contributed by atoms with Crippen molar-refractivity contribution in [2.75, 3.05) is 26.2 Å². The first kappa shape index (κ1) is 13.3. The minimum absolute atomic E-state index is 0.0163. The molecule has 1 heterocycles. The topological polar surface area (TPSA) is 113 Å². The highest BCUT2D eigenvalue weighted by molar-refractivity contribution is 5.84. The molecule has 0 aromatic carbocycles. The van der Waals surface area contributed by atoms with Crippen LogP contribution in [-0.2, 0) is 9.53 Å². The van der Waals surface area contributed by atoms with Crippen molar-refractivity contribution in [1.29, 1.82) is 5.26 Å². The van der Waals surface area contributed by atoms with E-state index in [1.54, 1.807) is 6.07 Å². The number of aliphatic imine (C=N–C) groups is 1. The summed E-state index contributed by atoms with van der Waals surface area (Å²) in [7, 11) is 0. The standard InChI is InChI=1S/C10H17N5O2/c11-3-4-13-9(16)7-15-10(12)14-6-8-2-1-5-17-8/h8H,1-2,4-7H2,(H,13,16)(H3,12,14,15). The van der Waals surface area contributed by atoms with Gasteiger partial charge in [0, 0.05) is 13.2 Å². The fourth-order valence-corrected chi connectivity index (χ4v) is 1.43. The maximum atomic E-state index is 11.1. The summed E-state index contributed by atoms with van der Waals surface area (Å²) in [6.45, 7) is 1.30. The zero-order valence-electron chi connectivity index (χ0n) is 9.61. The highest BCUT2D eigenvalue weighted by Crippen LogP contribution is 2.10. The summed E-state index contributed by atoms with van der Waals surface area (Å²) in [4.78, 5) is 14.9. The highest BCUT2D eigenvalue weighted by atomic mass is 16.5. The Hall–Kier alpha value is -1.81. The third-order valence-corrected chi connectivity index (χ3v) is 2.29. The second-order valence-corrected chi connectivity index (χ2v) is 3.65. The van der Waals surface area contributed by atoms with Crippen molar-refractivity contribution in [3.05, 3.63) is 0 Å². The molecule has 7 heteroatoms. The number of nitrogens with zero attached hydrogens (tertiary/aromatic N) is 2. The number of hydrogen-bond acceptors (Lipinski definition) is 4. The van der Waals surface area contributed by atoms with Crippen LogP contribution in [0.15, 0.2) is 4.99 Å². The molecule has 0 aliphatic carbocycles. The van der Waals surface area contributed by atoms with E-state index < -0.39 is 0 Å². The molecule has 0 radical (unpaired) electrons. The minimum atomic E-state index is -0.326. The van der Waals surface area contributed by atoms with Crippen molar-refractivity contribution >= 4 is 11.9 Å². The van der Waals surface area contributed by atoms with E-state index in [9.17, 15) is 4.79 Å². The minimum Gasteiger partial charge on any atom is -0.376 e. The third-order valence-electron chi connectivity index (χ3n) is 2.29. The lowest BCUT2D eigenvalue weighted by atomic mass is 10.2. The fraction of sp³-hybridized carbons (Fsp3) is 0.700. The van der Waals surface area contributed by atoms with Gasteiger partial charge >= 0.3 is 0 Å². The smallest absolute Gasteiger partial charge is 0.242 e. The summed E-state index contributed by atoms with van der Waals surface area (Å²) in [5.41, 5.74) is 5.57. The summed E-state index contributed by atoms with van der Waals surface area (Å²) in [5.74, 6) is -0.110. The molecule has 1 atom stereocenters. The average Bonchev–Trinajstić information content (AvgIpc) is 2.84. The van der Waals surface area contributed by atoms with Crippen LogP contribution in [0.1, 0.15) is 12.8 Å². The molecule has 0 bridgehead atoms. The Labute approximate surface area is 100 Å². The van der Waals surface area contributed by atoms with Gasteiger partial charge in [0.05, 0.1) is 12.2 Å². The van der Waals surface area contributed by atoms with Gasteiger partial charge in [-0.25, -0.2) is 4.99 Å². The van der Waals surface area contributed by atoms with Crippen LogP contribution in [0.5, 0.6) is 0 Å². The molecule has 1 fully saturated rings. The second-order valence-electron chi connectivity index (χ2n) is 3.65. The molecule has 0 spiro atoms. The van der Waals surface area contributed by atoms with Crippen LogP contribution in [0, 0.1) is 11.3 Å². The van der Waals surface area contributed by atoms with Crippen molar-refractivity contribution in [1.82, 2.24) is 10.6 Å². The van der Waals surface area contributed by atoms with E-state index in [2.05, 4.69) is 15.6 Å². The molecule has 1 aliphatic heterocycles. The van der Waals surface area contributed by atoms with Crippen LogP contribution in [-0.4, -0.2) is 44.2 Å². The number of carbonyl (C=O) groups is 1. The fourth-order valence-electron chi connectivity index (χ4n) is 1.43. The van der Waals surface area contributed by atoms with Gasteiger partial charge in [-0.05, 0) is 12.8 Å². The average molecular weight is 239 g/mol. The van der Waals surface area contributed by atoms with Crippen molar-refractivity contribution in [2.24, 2.45) is 10.7 Å².